The number of urea groups is 1. The van der Waals surface area contributed by atoms with E-state index < -0.39 is 5.54 Å². The van der Waals surface area contributed by atoms with Crippen LogP contribution >= 0.6 is 0 Å². The molecular weight excluding hydrogens is 230 g/mol. The number of rotatable bonds is 5. The Bertz CT molecular complexity index is 416. The van der Waals surface area contributed by atoms with Gasteiger partial charge in [0.1, 0.15) is 5.54 Å². The van der Waals surface area contributed by atoms with E-state index in [4.69, 9.17) is 5.26 Å². The summed E-state index contributed by atoms with van der Waals surface area (Å²) in [5.74, 6) is -0.190. The first-order valence-corrected chi connectivity index (χ1v) is 6.53. The normalized spacial score (nSPS) is 23.7. The second-order valence-electron chi connectivity index (χ2n) is 5.42. The van der Waals surface area contributed by atoms with Crippen LogP contribution in [0.2, 0.25) is 0 Å². The van der Waals surface area contributed by atoms with Crippen molar-refractivity contribution in [1.29, 1.82) is 5.26 Å². The molecular formula is C13H19N3O2. The summed E-state index contributed by atoms with van der Waals surface area (Å²) in [6.45, 7) is 4.39. The topological polar surface area (TPSA) is 73.2 Å². The molecule has 0 aromatic rings. The molecule has 0 aromatic heterocycles. The lowest BCUT2D eigenvalue weighted by molar-refractivity contribution is -0.127. The van der Waals surface area contributed by atoms with Crippen LogP contribution in [-0.4, -0.2) is 28.9 Å². The Hall–Kier alpha value is -1.57. The molecule has 18 heavy (non-hydrogen) atoms. The third-order valence-electron chi connectivity index (χ3n) is 4.48. The zero-order valence-electron chi connectivity index (χ0n) is 11.0. The molecule has 1 aliphatic heterocycles. The maximum absolute atomic E-state index is 12.0. The highest BCUT2D eigenvalue weighted by atomic mass is 16.2. The van der Waals surface area contributed by atoms with E-state index in [9.17, 15) is 9.59 Å². The molecule has 2 aliphatic rings. The van der Waals surface area contributed by atoms with Crippen LogP contribution in [0.15, 0.2) is 0 Å². The van der Waals surface area contributed by atoms with Crippen molar-refractivity contribution in [3.63, 3.8) is 0 Å². The molecule has 3 amide bonds. The van der Waals surface area contributed by atoms with Gasteiger partial charge in [-0.1, -0.05) is 13.8 Å². The molecule has 5 heteroatoms. The summed E-state index contributed by atoms with van der Waals surface area (Å²) in [6, 6.07) is 1.89. The fourth-order valence-electron chi connectivity index (χ4n) is 2.84. The van der Waals surface area contributed by atoms with Gasteiger partial charge in [0.15, 0.2) is 0 Å². The molecule has 98 valence electrons. The average molecular weight is 249 g/mol. The molecule has 0 bridgehead atoms. The minimum atomic E-state index is -0.706. The largest absolute Gasteiger partial charge is 0.325 e. The van der Waals surface area contributed by atoms with E-state index in [1.807, 2.05) is 13.8 Å². The van der Waals surface area contributed by atoms with Gasteiger partial charge in [0.05, 0.1) is 6.07 Å². The molecule has 1 N–H and O–H groups in total. The standard InChI is InChI=1S/C13H19N3O2/c1-3-13(4-2)10(17)15-11(18)16(13)9-12(5-6-12)7-8-14/h3-7,9H2,1-2H3,(H,15,17,18). The third-order valence-corrected chi connectivity index (χ3v) is 4.48. The van der Waals surface area contributed by atoms with E-state index in [1.165, 1.54) is 0 Å². The SMILES string of the molecule is CCC1(CC)C(=O)NC(=O)N1CC1(CC#N)CC1. The molecule has 1 saturated heterocycles. The van der Waals surface area contributed by atoms with E-state index in [0.29, 0.717) is 25.8 Å². The highest BCUT2D eigenvalue weighted by molar-refractivity contribution is 6.07. The zero-order chi connectivity index (χ0) is 13.4. The van der Waals surface area contributed by atoms with Gasteiger partial charge in [-0.3, -0.25) is 10.1 Å². The Morgan fingerprint density at radius 2 is 1.94 bits per heavy atom. The van der Waals surface area contributed by atoms with Gasteiger partial charge in [-0.25, -0.2) is 4.79 Å². The van der Waals surface area contributed by atoms with Gasteiger partial charge in [0.25, 0.3) is 5.91 Å². The van der Waals surface area contributed by atoms with Crippen molar-refractivity contribution >= 4 is 11.9 Å². The Morgan fingerprint density at radius 1 is 1.33 bits per heavy atom. The monoisotopic (exact) mass is 249 g/mol. The van der Waals surface area contributed by atoms with Crippen molar-refractivity contribution in [1.82, 2.24) is 10.2 Å². The molecule has 1 saturated carbocycles. The number of hydrogen-bond donors (Lipinski definition) is 1. The highest BCUT2D eigenvalue weighted by Gasteiger charge is 2.55. The minimum absolute atomic E-state index is 0.0632. The second kappa shape index (κ2) is 4.27. The van der Waals surface area contributed by atoms with Crippen molar-refractivity contribution in [2.75, 3.05) is 6.54 Å². The molecule has 0 radical (unpaired) electrons. The Kier molecular flexibility index (Phi) is 3.05. The van der Waals surface area contributed by atoms with E-state index in [0.717, 1.165) is 12.8 Å². The van der Waals surface area contributed by atoms with Crippen LogP contribution < -0.4 is 5.32 Å². The highest BCUT2D eigenvalue weighted by Crippen LogP contribution is 2.50. The molecule has 5 nitrogen and oxygen atoms in total. The zero-order valence-corrected chi connectivity index (χ0v) is 11.0. The van der Waals surface area contributed by atoms with Crippen LogP contribution in [0.3, 0.4) is 0 Å². The van der Waals surface area contributed by atoms with Crippen LogP contribution in [0.1, 0.15) is 46.0 Å². The van der Waals surface area contributed by atoms with Crippen molar-refractivity contribution in [2.45, 2.75) is 51.5 Å². The summed E-state index contributed by atoms with van der Waals surface area (Å²) in [5.41, 5.74) is -0.769. The smallest absolute Gasteiger partial charge is 0.309 e. The molecule has 0 aromatic carbocycles. The van der Waals surface area contributed by atoms with Crippen molar-refractivity contribution in [2.24, 2.45) is 5.41 Å². The van der Waals surface area contributed by atoms with E-state index in [1.54, 1.807) is 4.90 Å². The molecule has 0 spiro atoms. The Morgan fingerprint density at radius 3 is 2.39 bits per heavy atom. The summed E-state index contributed by atoms with van der Waals surface area (Å²) in [6.07, 6.45) is 3.64. The number of nitrogens with zero attached hydrogens (tertiary/aromatic N) is 2. The van der Waals surface area contributed by atoms with Crippen LogP contribution in [0, 0.1) is 16.7 Å². The minimum Gasteiger partial charge on any atom is -0.309 e. The summed E-state index contributed by atoms with van der Waals surface area (Å²) < 4.78 is 0. The Labute approximate surface area is 107 Å². The average Bonchev–Trinajstić information content (AvgIpc) is 3.05. The molecule has 2 fully saturated rings. The van der Waals surface area contributed by atoms with Gasteiger partial charge >= 0.3 is 6.03 Å². The third kappa shape index (κ3) is 1.76. The van der Waals surface area contributed by atoms with Crippen LogP contribution in [0.4, 0.5) is 4.79 Å². The fraction of sp³-hybridized carbons (Fsp3) is 0.769. The van der Waals surface area contributed by atoms with Crippen LogP contribution in [0.5, 0.6) is 0 Å². The maximum Gasteiger partial charge on any atom is 0.325 e. The van der Waals surface area contributed by atoms with E-state index in [2.05, 4.69) is 11.4 Å². The first-order chi connectivity index (χ1) is 8.53. The van der Waals surface area contributed by atoms with Crippen molar-refractivity contribution < 1.29 is 9.59 Å². The second-order valence-corrected chi connectivity index (χ2v) is 5.42. The number of nitriles is 1. The molecule has 0 unspecified atom stereocenters. The molecule has 1 heterocycles. The van der Waals surface area contributed by atoms with Gasteiger partial charge < -0.3 is 4.90 Å². The summed E-state index contributed by atoms with van der Waals surface area (Å²) in [5, 5.41) is 11.3. The fourth-order valence-corrected chi connectivity index (χ4v) is 2.84. The molecule has 2 rings (SSSR count). The quantitative estimate of drug-likeness (QED) is 0.755. The lowest BCUT2D eigenvalue weighted by Crippen LogP contribution is -2.50. The van der Waals surface area contributed by atoms with Crippen molar-refractivity contribution in [3.05, 3.63) is 0 Å². The van der Waals surface area contributed by atoms with Crippen molar-refractivity contribution in [3.8, 4) is 6.07 Å². The van der Waals surface area contributed by atoms with Gasteiger partial charge in [-0.05, 0) is 25.7 Å². The number of carbonyl (C=O) groups is 2. The van der Waals surface area contributed by atoms with Crippen LogP contribution in [0.25, 0.3) is 0 Å². The molecule has 1 aliphatic carbocycles. The van der Waals surface area contributed by atoms with Gasteiger partial charge in [-0.2, -0.15) is 5.26 Å². The first kappa shape index (κ1) is 12.9. The van der Waals surface area contributed by atoms with E-state index in [-0.39, 0.29) is 17.4 Å². The number of hydrogen-bond acceptors (Lipinski definition) is 3. The maximum atomic E-state index is 12.0. The molecule has 0 atom stereocenters. The summed E-state index contributed by atoms with van der Waals surface area (Å²) in [7, 11) is 0. The van der Waals surface area contributed by atoms with Crippen LogP contribution in [-0.2, 0) is 4.79 Å². The predicted molar refractivity (Wildman–Crippen MR) is 65.5 cm³/mol. The number of imide groups is 1. The predicted octanol–water partition coefficient (Wildman–Crippen LogP) is 1.79. The van der Waals surface area contributed by atoms with E-state index >= 15 is 0 Å². The first-order valence-electron chi connectivity index (χ1n) is 6.53. The number of amides is 3. The van der Waals surface area contributed by atoms with Gasteiger partial charge in [0.2, 0.25) is 0 Å². The van der Waals surface area contributed by atoms with Gasteiger partial charge in [-0.15, -0.1) is 0 Å². The summed E-state index contributed by atoms with van der Waals surface area (Å²) in [4.78, 5) is 25.6. The number of nitrogens with one attached hydrogen (secondary N) is 1. The lowest BCUT2D eigenvalue weighted by Gasteiger charge is -2.35. The number of carbonyl (C=O) groups excluding carboxylic acids is 2. The Balaban J connectivity index is 2.22. The summed E-state index contributed by atoms with van der Waals surface area (Å²) >= 11 is 0. The van der Waals surface area contributed by atoms with Gasteiger partial charge in [0, 0.05) is 18.4 Å². The lowest BCUT2D eigenvalue weighted by atomic mass is 9.89.